The highest BCUT2D eigenvalue weighted by atomic mass is 35.5. The number of hydrogen-bond donors (Lipinski definition) is 1. The zero-order valence-corrected chi connectivity index (χ0v) is 11.3. The van der Waals surface area contributed by atoms with E-state index in [0.29, 0.717) is 6.61 Å². The fourth-order valence-corrected chi connectivity index (χ4v) is 0.683. The maximum atomic E-state index is 10.5. The van der Waals surface area contributed by atoms with Gasteiger partial charge in [0.2, 0.25) is 0 Å². The van der Waals surface area contributed by atoms with Crippen molar-refractivity contribution in [3.05, 3.63) is 12.2 Å². The van der Waals surface area contributed by atoms with Gasteiger partial charge >= 0.3 is 11.9 Å². The number of aliphatic carboxylic acids is 1. The van der Waals surface area contributed by atoms with Crippen LogP contribution < -0.4 is 0 Å². The van der Waals surface area contributed by atoms with E-state index in [2.05, 4.69) is 6.58 Å². The standard InChI is InChI=1S/C7H14ClNO2.C4H6O2/c1-9(2)4-3-5-11-7(10)6-8;1-3(2)4(5)6/h3-6H2,1-2H3;1H2,2H3,(H,5,6). The number of carboxylic acids is 1. The van der Waals surface area contributed by atoms with Gasteiger partial charge in [-0.1, -0.05) is 6.58 Å². The van der Waals surface area contributed by atoms with E-state index < -0.39 is 5.97 Å². The highest BCUT2D eigenvalue weighted by Gasteiger charge is 1.98. The van der Waals surface area contributed by atoms with Gasteiger partial charge in [0.25, 0.3) is 0 Å². The second kappa shape index (κ2) is 11.4. The van der Waals surface area contributed by atoms with E-state index in [1.165, 1.54) is 6.92 Å². The molecule has 0 aliphatic heterocycles. The highest BCUT2D eigenvalue weighted by Crippen LogP contribution is 1.88. The third-order valence-electron chi connectivity index (χ3n) is 1.49. The van der Waals surface area contributed by atoms with E-state index in [9.17, 15) is 9.59 Å². The van der Waals surface area contributed by atoms with Gasteiger partial charge in [0, 0.05) is 12.1 Å². The van der Waals surface area contributed by atoms with E-state index >= 15 is 0 Å². The lowest BCUT2D eigenvalue weighted by atomic mass is 10.4. The normalized spacial score (nSPS) is 9.24. The lowest BCUT2D eigenvalue weighted by molar-refractivity contribution is -0.140. The molecular formula is C11H20ClNO4. The molecule has 0 bridgehead atoms. The van der Waals surface area contributed by atoms with Crippen molar-refractivity contribution in [1.82, 2.24) is 4.90 Å². The van der Waals surface area contributed by atoms with Gasteiger partial charge in [-0.25, -0.2) is 4.79 Å². The third kappa shape index (κ3) is 17.5. The van der Waals surface area contributed by atoms with E-state index in [4.69, 9.17) is 21.4 Å². The summed E-state index contributed by atoms with van der Waals surface area (Å²) in [6.45, 7) is 5.99. The molecule has 0 atom stereocenters. The summed E-state index contributed by atoms with van der Waals surface area (Å²) in [5.41, 5.74) is 0.176. The number of carbonyl (C=O) groups is 2. The number of rotatable bonds is 6. The number of carbonyl (C=O) groups excluding carboxylic acids is 1. The van der Waals surface area contributed by atoms with Crippen molar-refractivity contribution in [3.8, 4) is 0 Å². The first kappa shape index (κ1) is 18.3. The van der Waals surface area contributed by atoms with Gasteiger partial charge in [0.1, 0.15) is 5.88 Å². The summed E-state index contributed by atoms with van der Waals surface area (Å²) in [5, 5.41) is 7.89. The minimum Gasteiger partial charge on any atom is -0.478 e. The van der Waals surface area contributed by atoms with E-state index in [1.807, 2.05) is 19.0 Å². The van der Waals surface area contributed by atoms with Gasteiger partial charge in [-0.2, -0.15) is 0 Å². The van der Waals surface area contributed by atoms with Gasteiger partial charge in [-0.3, -0.25) is 4.79 Å². The minimum absolute atomic E-state index is 0.0536. The van der Waals surface area contributed by atoms with Crippen molar-refractivity contribution in [3.63, 3.8) is 0 Å². The summed E-state index contributed by atoms with van der Waals surface area (Å²) in [7, 11) is 3.95. The Kier molecular flexibility index (Phi) is 12.3. The van der Waals surface area contributed by atoms with Crippen LogP contribution in [0.4, 0.5) is 0 Å². The van der Waals surface area contributed by atoms with Crippen molar-refractivity contribution in [2.45, 2.75) is 13.3 Å². The number of alkyl halides is 1. The number of ether oxygens (including phenoxy) is 1. The Hall–Kier alpha value is -1.07. The molecule has 0 aromatic heterocycles. The van der Waals surface area contributed by atoms with Crippen molar-refractivity contribution in [1.29, 1.82) is 0 Å². The zero-order valence-electron chi connectivity index (χ0n) is 10.5. The molecule has 0 fully saturated rings. The monoisotopic (exact) mass is 265 g/mol. The molecule has 0 aromatic carbocycles. The van der Waals surface area contributed by atoms with E-state index in [1.54, 1.807) is 0 Å². The Morgan fingerprint density at radius 3 is 2.18 bits per heavy atom. The SMILES string of the molecule is C=C(C)C(=O)O.CN(C)CCCOC(=O)CCl. The molecular weight excluding hydrogens is 246 g/mol. The number of nitrogens with zero attached hydrogens (tertiary/aromatic N) is 1. The quantitative estimate of drug-likeness (QED) is 0.340. The van der Waals surface area contributed by atoms with Gasteiger partial charge in [-0.05, 0) is 27.4 Å². The Bertz CT molecular complexity index is 242. The molecule has 0 saturated heterocycles. The summed E-state index contributed by atoms with van der Waals surface area (Å²) in [6.07, 6.45) is 0.857. The van der Waals surface area contributed by atoms with Crippen LogP contribution >= 0.6 is 11.6 Å². The molecule has 0 unspecified atom stereocenters. The first-order chi connectivity index (χ1) is 7.81. The smallest absolute Gasteiger partial charge is 0.330 e. The van der Waals surface area contributed by atoms with Crippen LogP contribution in [-0.4, -0.2) is 55.1 Å². The first-order valence-electron chi connectivity index (χ1n) is 5.06. The molecule has 6 heteroatoms. The molecule has 0 spiro atoms. The van der Waals surface area contributed by atoms with Crippen LogP contribution in [0.2, 0.25) is 0 Å². The van der Waals surface area contributed by atoms with Crippen LogP contribution in [0.1, 0.15) is 13.3 Å². The van der Waals surface area contributed by atoms with Crippen LogP contribution in [-0.2, 0) is 14.3 Å². The molecule has 0 heterocycles. The lowest BCUT2D eigenvalue weighted by Crippen LogP contribution is -2.16. The molecule has 0 amide bonds. The fraction of sp³-hybridized carbons (Fsp3) is 0.636. The highest BCUT2D eigenvalue weighted by molar-refractivity contribution is 6.26. The summed E-state index contributed by atoms with van der Waals surface area (Å²) in [6, 6.07) is 0. The Labute approximate surface area is 107 Å². The Morgan fingerprint density at radius 1 is 1.41 bits per heavy atom. The first-order valence-corrected chi connectivity index (χ1v) is 5.59. The molecule has 0 radical (unpaired) electrons. The number of halogens is 1. The van der Waals surface area contributed by atoms with Crippen LogP contribution in [0.3, 0.4) is 0 Å². The second-order valence-corrected chi connectivity index (χ2v) is 3.86. The van der Waals surface area contributed by atoms with Crippen molar-refractivity contribution >= 4 is 23.5 Å². The molecule has 1 N–H and O–H groups in total. The molecule has 0 aliphatic carbocycles. The van der Waals surface area contributed by atoms with E-state index in [-0.39, 0.29) is 17.4 Å². The predicted octanol–water partition coefficient (Wildman–Crippen LogP) is 1.37. The second-order valence-electron chi connectivity index (χ2n) is 3.60. The zero-order chi connectivity index (χ0) is 13.8. The minimum atomic E-state index is -0.935. The maximum Gasteiger partial charge on any atom is 0.330 e. The summed E-state index contributed by atoms with van der Waals surface area (Å²) in [4.78, 5) is 22.1. The van der Waals surface area contributed by atoms with Crippen LogP contribution in [0.15, 0.2) is 12.2 Å². The van der Waals surface area contributed by atoms with Gasteiger partial charge in [0.05, 0.1) is 6.61 Å². The maximum absolute atomic E-state index is 10.5. The van der Waals surface area contributed by atoms with Gasteiger partial charge in [0.15, 0.2) is 0 Å². The topological polar surface area (TPSA) is 66.8 Å². The average molecular weight is 266 g/mol. The molecule has 0 rings (SSSR count). The molecule has 17 heavy (non-hydrogen) atoms. The van der Waals surface area contributed by atoms with Crippen LogP contribution in [0.25, 0.3) is 0 Å². The number of esters is 1. The summed E-state index contributed by atoms with van der Waals surface area (Å²) < 4.78 is 4.74. The summed E-state index contributed by atoms with van der Waals surface area (Å²) >= 11 is 5.21. The molecule has 5 nitrogen and oxygen atoms in total. The van der Waals surface area contributed by atoms with Crippen molar-refractivity contribution in [2.75, 3.05) is 33.1 Å². The van der Waals surface area contributed by atoms with Crippen LogP contribution in [0, 0.1) is 0 Å². The van der Waals surface area contributed by atoms with Crippen molar-refractivity contribution < 1.29 is 19.4 Å². The molecule has 0 aromatic rings. The molecule has 0 aliphatic rings. The number of hydrogen-bond acceptors (Lipinski definition) is 4. The number of carboxylic acid groups (broad SMARTS) is 1. The average Bonchev–Trinajstić information content (AvgIpc) is 2.24. The lowest BCUT2D eigenvalue weighted by Gasteiger charge is -2.08. The molecule has 0 saturated carbocycles. The largest absolute Gasteiger partial charge is 0.478 e. The Balaban J connectivity index is 0. The Morgan fingerprint density at radius 2 is 1.88 bits per heavy atom. The van der Waals surface area contributed by atoms with Crippen molar-refractivity contribution in [2.24, 2.45) is 0 Å². The van der Waals surface area contributed by atoms with Gasteiger partial charge in [-0.15, -0.1) is 11.6 Å². The molecule has 100 valence electrons. The summed E-state index contributed by atoms with van der Waals surface area (Å²) in [5.74, 6) is -1.33. The third-order valence-corrected chi connectivity index (χ3v) is 1.71. The van der Waals surface area contributed by atoms with Gasteiger partial charge < -0.3 is 14.7 Å². The predicted molar refractivity (Wildman–Crippen MR) is 67.3 cm³/mol. The fourth-order valence-electron chi connectivity index (χ4n) is 0.605. The van der Waals surface area contributed by atoms with E-state index in [0.717, 1.165) is 13.0 Å². The van der Waals surface area contributed by atoms with Crippen LogP contribution in [0.5, 0.6) is 0 Å².